The fraction of sp³-hybridized carbons (Fsp3) is 0.750. The topological polar surface area (TPSA) is 84.5 Å². The van der Waals surface area contributed by atoms with Gasteiger partial charge in [-0.25, -0.2) is 4.79 Å². The molecule has 6 nitrogen and oxygen atoms in total. The number of urea groups is 1. The molecule has 1 heterocycles. The van der Waals surface area contributed by atoms with Crippen LogP contribution in [0.4, 0.5) is 4.79 Å². The predicted octanol–water partition coefficient (Wildman–Crippen LogP) is 0.954. The highest BCUT2D eigenvalue weighted by molar-refractivity contribution is 6.19. The van der Waals surface area contributed by atoms with Crippen LogP contribution in [0.2, 0.25) is 0 Å². The lowest BCUT2D eigenvalue weighted by molar-refractivity contribution is -0.155. The maximum atomic E-state index is 12.1. The van der Waals surface area contributed by atoms with Gasteiger partial charge in [-0.05, 0) is 20.3 Å². The Labute approximate surface area is 106 Å². The Morgan fingerprint density at radius 1 is 1.17 bits per heavy atom. The number of barbiturate groups is 1. The van der Waals surface area contributed by atoms with E-state index in [0.717, 1.165) is 6.42 Å². The van der Waals surface area contributed by atoms with Crippen molar-refractivity contribution >= 4 is 17.8 Å². The second-order valence-corrected chi connectivity index (χ2v) is 4.41. The number of carbonyl (C=O) groups excluding carboxylic acids is 3. The predicted molar refractivity (Wildman–Crippen MR) is 64.7 cm³/mol. The molecule has 1 fully saturated rings. The van der Waals surface area contributed by atoms with Gasteiger partial charge in [-0.1, -0.05) is 19.8 Å². The fourth-order valence-electron chi connectivity index (χ4n) is 2.21. The van der Waals surface area contributed by atoms with Crippen LogP contribution >= 0.6 is 0 Å². The number of imide groups is 2. The summed E-state index contributed by atoms with van der Waals surface area (Å²) in [6.45, 7) is 5.87. The first-order chi connectivity index (χ1) is 8.48. The normalized spacial score (nSPS) is 20.3. The van der Waals surface area contributed by atoms with Gasteiger partial charge in [0.25, 0.3) is 0 Å². The van der Waals surface area contributed by atoms with Crippen LogP contribution in [0.1, 0.15) is 40.0 Å². The fourth-order valence-corrected chi connectivity index (χ4v) is 2.21. The van der Waals surface area contributed by atoms with Gasteiger partial charge in [-0.2, -0.15) is 0 Å². The van der Waals surface area contributed by atoms with Crippen molar-refractivity contribution in [3.05, 3.63) is 0 Å². The first-order valence-corrected chi connectivity index (χ1v) is 6.27. The van der Waals surface area contributed by atoms with Crippen molar-refractivity contribution < 1.29 is 19.1 Å². The zero-order chi connectivity index (χ0) is 13.8. The first kappa shape index (κ1) is 14.6. The highest BCUT2D eigenvalue weighted by Crippen LogP contribution is 2.33. The molecule has 0 bridgehead atoms. The van der Waals surface area contributed by atoms with E-state index in [9.17, 15) is 14.4 Å². The van der Waals surface area contributed by atoms with Gasteiger partial charge < -0.3 is 4.74 Å². The molecule has 0 aromatic carbocycles. The average molecular weight is 256 g/mol. The number of nitrogens with one attached hydrogen (secondary N) is 2. The van der Waals surface area contributed by atoms with Gasteiger partial charge in [0.05, 0.1) is 6.10 Å². The van der Waals surface area contributed by atoms with Crippen molar-refractivity contribution in [1.29, 1.82) is 0 Å². The summed E-state index contributed by atoms with van der Waals surface area (Å²) in [4.78, 5) is 35.3. The van der Waals surface area contributed by atoms with E-state index in [1.54, 1.807) is 13.8 Å². The van der Waals surface area contributed by atoms with Gasteiger partial charge in [-0.3, -0.25) is 20.2 Å². The lowest BCUT2D eigenvalue weighted by Crippen LogP contribution is -2.66. The van der Waals surface area contributed by atoms with Gasteiger partial charge in [0.15, 0.2) is 5.41 Å². The van der Waals surface area contributed by atoms with Crippen LogP contribution in [0.15, 0.2) is 0 Å². The van der Waals surface area contributed by atoms with Crippen LogP contribution in [0.25, 0.3) is 0 Å². The third-order valence-electron chi connectivity index (χ3n) is 3.30. The molecule has 0 spiro atoms. The minimum absolute atomic E-state index is 0.371. The zero-order valence-corrected chi connectivity index (χ0v) is 11.0. The summed E-state index contributed by atoms with van der Waals surface area (Å²) in [5.41, 5.74) is -1.31. The summed E-state index contributed by atoms with van der Waals surface area (Å²) in [5.74, 6) is -1.13. The maximum Gasteiger partial charge on any atom is 0.328 e. The van der Waals surface area contributed by atoms with Crippen molar-refractivity contribution in [3.8, 4) is 0 Å². The molecule has 4 amide bonds. The van der Waals surface area contributed by atoms with E-state index in [4.69, 9.17) is 4.74 Å². The van der Waals surface area contributed by atoms with E-state index in [1.807, 2.05) is 6.92 Å². The monoisotopic (exact) mass is 256 g/mol. The molecule has 2 N–H and O–H groups in total. The smallest absolute Gasteiger partial charge is 0.328 e. The Morgan fingerprint density at radius 3 is 2.17 bits per heavy atom. The molecule has 0 aromatic rings. The number of amides is 4. The highest BCUT2D eigenvalue weighted by Gasteiger charge is 2.54. The molecule has 0 aromatic heterocycles. The van der Waals surface area contributed by atoms with E-state index < -0.39 is 29.4 Å². The summed E-state index contributed by atoms with van der Waals surface area (Å²) in [5, 5.41) is 4.32. The Bertz CT molecular complexity index is 334. The molecule has 102 valence electrons. The molecule has 18 heavy (non-hydrogen) atoms. The molecule has 1 unspecified atom stereocenters. The minimum atomic E-state index is -1.31. The maximum absolute atomic E-state index is 12.1. The minimum Gasteiger partial charge on any atom is -0.377 e. The Hall–Kier alpha value is -1.43. The lowest BCUT2D eigenvalue weighted by atomic mass is 9.75. The van der Waals surface area contributed by atoms with E-state index in [1.165, 1.54) is 0 Å². The largest absolute Gasteiger partial charge is 0.377 e. The third-order valence-corrected chi connectivity index (χ3v) is 3.30. The number of carbonyl (C=O) groups is 3. The molecule has 1 saturated heterocycles. The molecular formula is C12H20N2O4. The molecule has 1 aliphatic rings. The molecule has 0 radical (unpaired) electrons. The van der Waals surface area contributed by atoms with Crippen LogP contribution in [-0.2, 0) is 14.3 Å². The van der Waals surface area contributed by atoms with Crippen LogP contribution in [0.5, 0.6) is 0 Å². The molecule has 1 aliphatic heterocycles. The summed E-state index contributed by atoms with van der Waals surface area (Å²) < 4.78 is 5.42. The van der Waals surface area contributed by atoms with Gasteiger partial charge in [0.2, 0.25) is 11.8 Å². The van der Waals surface area contributed by atoms with Gasteiger partial charge in [0, 0.05) is 6.61 Å². The molecule has 1 atom stereocenters. The molecule has 6 heteroatoms. The number of rotatable bonds is 6. The van der Waals surface area contributed by atoms with Crippen molar-refractivity contribution in [2.24, 2.45) is 5.41 Å². The van der Waals surface area contributed by atoms with Crippen LogP contribution in [0, 0.1) is 5.41 Å². The van der Waals surface area contributed by atoms with E-state index in [-0.39, 0.29) is 0 Å². The lowest BCUT2D eigenvalue weighted by Gasteiger charge is -2.38. The molecule has 0 aliphatic carbocycles. The quantitative estimate of drug-likeness (QED) is 0.693. The van der Waals surface area contributed by atoms with Gasteiger partial charge >= 0.3 is 6.03 Å². The number of hydrogen-bond donors (Lipinski definition) is 2. The van der Waals surface area contributed by atoms with Gasteiger partial charge in [-0.15, -0.1) is 0 Å². The summed E-state index contributed by atoms with van der Waals surface area (Å²) in [6.07, 6.45) is 1.37. The van der Waals surface area contributed by atoms with Crippen LogP contribution < -0.4 is 10.6 Å². The van der Waals surface area contributed by atoms with E-state index >= 15 is 0 Å². The van der Waals surface area contributed by atoms with Crippen molar-refractivity contribution in [1.82, 2.24) is 10.6 Å². The average Bonchev–Trinajstić information content (AvgIpc) is 2.28. The highest BCUT2D eigenvalue weighted by atomic mass is 16.5. The Balaban J connectivity index is 3.04. The summed E-state index contributed by atoms with van der Waals surface area (Å²) in [6, 6.07) is -0.763. The Kier molecular flexibility index (Phi) is 4.84. The molecule has 0 saturated carbocycles. The number of unbranched alkanes of at least 4 members (excludes halogenated alkanes) is 1. The Morgan fingerprint density at radius 2 is 1.72 bits per heavy atom. The second-order valence-electron chi connectivity index (χ2n) is 4.41. The number of ether oxygens (including phenoxy) is 1. The van der Waals surface area contributed by atoms with E-state index in [2.05, 4.69) is 10.6 Å². The molecular weight excluding hydrogens is 236 g/mol. The van der Waals surface area contributed by atoms with E-state index in [0.29, 0.717) is 19.4 Å². The SMILES string of the molecule is CCCCC1(C(C)OCC)C(=O)NC(=O)NC1=O. The third kappa shape index (κ3) is 2.53. The van der Waals surface area contributed by atoms with Crippen molar-refractivity contribution in [2.75, 3.05) is 6.61 Å². The van der Waals surface area contributed by atoms with Crippen molar-refractivity contribution in [3.63, 3.8) is 0 Å². The summed E-state index contributed by atoms with van der Waals surface area (Å²) >= 11 is 0. The van der Waals surface area contributed by atoms with Crippen LogP contribution in [-0.4, -0.2) is 30.6 Å². The van der Waals surface area contributed by atoms with Gasteiger partial charge in [0.1, 0.15) is 0 Å². The summed E-state index contributed by atoms with van der Waals surface area (Å²) in [7, 11) is 0. The van der Waals surface area contributed by atoms with Crippen molar-refractivity contribution in [2.45, 2.75) is 46.1 Å². The van der Waals surface area contributed by atoms with Crippen LogP contribution in [0.3, 0.4) is 0 Å². The zero-order valence-electron chi connectivity index (χ0n) is 11.0. The standard InChI is InChI=1S/C12H20N2O4/c1-4-6-7-12(8(3)18-5-2)9(15)13-11(17)14-10(12)16/h8H,4-7H2,1-3H3,(H2,13,14,15,16,17). The molecule has 1 rings (SSSR count). The number of hydrogen-bond acceptors (Lipinski definition) is 4. The second kappa shape index (κ2) is 5.95. The first-order valence-electron chi connectivity index (χ1n) is 6.27.